The normalized spacial score (nSPS) is 13.1. The number of nitrogens with two attached hydrogens (primary N) is 1. The first-order valence-corrected chi connectivity index (χ1v) is 8.39. The van der Waals surface area contributed by atoms with Crippen LogP contribution in [0.3, 0.4) is 0 Å². The summed E-state index contributed by atoms with van der Waals surface area (Å²) in [4.78, 5) is 0. The second-order valence-corrected chi connectivity index (χ2v) is 7.75. The molecule has 0 spiro atoms. The Balaban J connectivity index is 4.45. The summed E-state index contributed by atoms with van der Waals surface area (Å²) >= 11 is 0. The van der Waals surface area contributed by atoms with Gasteiger partial charge in [-0.25, -0.2) is 0 Å². The van der Waals surface area contributed by atoms with Crippen LogP contribution in [0.5, 0.6) is 0 Å². The summed E-state index contributed by atoms with van der Waals surface area (Å²) in [5.74, 6) is 0. The predicted octanol–water partition coefficient (Wildman–Crippen LogP) is 2.55. The number of rotatable bonds is 10. The molecule has 0 amide bonds. The first-order chi connectivity index (χ1) is 8.01. The van der Waals surface area contributed by atoms with Crippen LogP contribution in [0.4, 0.5) is 0 Å². The van der Waals surface area contributed by atoms with Crippen LogP contribution < -0.4 is 5.73 Å². The average molecular weight is 263 g/mol. The smallest absolute Gasteiger partial charge is 0.377 e. The van der Waals surface area contributed by atoms with Crippen LogP contribution >= 0.6 is 0 Å². The Morgan fingerprint density at radius 2 is 1.29 bits per heavy atom. The molecule has 0 aromatic heterocycles. The van der Waals surface area contributed by atoms with Gasteiger partial charge in [-0.15, -0.1) is 0 Å². The third kappa shape index (κ3) is 5.48. The van der Waals surface area contributed by atoms with Crippen molar-refractivity contribution in [3.63, 3.8) is 0 Å². The fourth-order valence-electron chi connectivity index (χ4n) is 2.33. The van der Waals surface area contributed by atoms with Gasteiger partial charge in [0, 0.05) is 32.9 Å². The van der Waals surface area contributed by atoms with Crippen molar-refractivity contribution >= 4 is 8.80 Å². The molecule has 17 heavy (non-hydrogen) atoms. The quantitative estimate of drug-likeness (QED) is 0.615. The molecular weight excluding hydrogens is 234 g/mol. The molecule has 0 aromatic rings. The number of hydrogen-bond donors (Lipinski definition) is 1. The molecule has 104 valence electrons. The van der Waals surface area contributed by atoms with Crippen LogP contribution in [0.25, 0.3) is 0 Å². The Morgan fingerprint density at radius 1 is 0.882 bits per heavy atom. The van der Waals surface area contributed by atoms with Gasteiger partial charge in [0.2, 0.25) is 0 Å². The molecule has 0 saturated heterocycles. The lowest BCUT2D eigenvalue weighted by Crippen LogP contribution is -2.47. The van der Waals surface area contributed by atoms with Crippen molar-refractivity contribution in [1.82, 2.24) is 0 Å². The van der Waals surface area contributed by atoms with Gasteiger partial charge >= 0.3 is 8.80 Å². The van der Waals surface area contributed by atoms with Crippen LogP contribution in [-0.2, 0) is 13.3 Å². The molecule has 0 rings (SSSR count). The summed E-state index contributed by atoms with van der Waals surface area (Å²) in [5.41, 5.74) is 6.35. The lowest BCUT2D eigenvalue weighted by Gasteiger charge is -2.32. The molecule has 0 aliphatic rings. The average Bonchev–Trinajstić information content (AvgIpc) is 2.32. The molecule has 2 N–H and O–H groups in total. The minimum absolute atomic E-state index is 0.0999. The van der Waals surface area contributed by atoms with E-state index in [1.807, 2.05) is 0 Å². The van der Waals surface area contributed by atoms with Crippen LogP contribution in [0.1, 0.15) is 46.0 Å². The van der Waals surface area contributed by atoms with E-state index < -0.39 is 8.80 Å². The van der Waals surface area contributed by atoms with Crippen LogP contribution in [-0.4, -0.2) is 35.7 Å². The fourth-order valence-corrected chi connectivity index (χ4v) is 4.25. The largest absolute Gasteiger partial charge is 0.500 e. The maximum absolute atomic E-state index is 6.45. The van der Waals surface area contributed by atoms with Crippen LogP contribution in [0, 0.1) is 0 Å². The van der Waals surface area contributed by atoms with Gasteiger partial charge in [-0.1, -0.05) is 26.7 Å². The molecule has 0 heterocycles. The summed E-state index contributed by atoms with van der Waals surface area (Å²) in [6, 6.07) is 0.785. The van der Waals surface area contributed by atoms with E-state index in [-0.39, 0.29) is 5.54 Å². The summed E-state index contributed by atoms with van der Waals surface area (Å²) in [6.07, 6.45) is 5.21. The Morgan fingerprint density at radius 3 is 1.59 bits per heavy atom. The molecule has 0 aliphatic carbocycles. The summed E-state index contributed by atoms with van der Waals surface area (Å²) in [6.45, 7) is 4.34. The van der Waals surface area contributed by atoms with Gasteiger partial charge in [-0.3, -0.25) is 0 Å². The zero-order valence-electron chi connectivity index (χ0n) is 12.0. The maximum atomic E-state index is 6.45. The van der Waals surface area contributed by atoms with Gasteiger partial charge in [0.1, 0.15) is 0 Å². The van der Waals surface area contributed by atoms with E-state index in [2.05, 4.69) is 13.8 Å². The molecule has 4 nitrogen and oxygen atoms in total. The van der Waals surface area contributed by atoms with E-state index in [0.29, 0.717) is 0 Å². The fraction of sp³-hybridized carbons (Fsp3) is 1.00. The molecule has 0 aromatic carbocycles. The van der Waals surface area contributed by atoms with E-state index in [9.17, 15) is 0 Å². The van der Waals surface area contributed by atoms with Crippen molar-refractivity contribution in [2.24, 2.45) is 5.73 Å². The summed E-state index contributed by atoms with van der Waals surface area (Å²) < 4.78 is 16.3. The predicted molar refractivity (Wildman–Crippen MR) is 72.9 cm³/mol. The third-order valence-electron chi connectivity index (χ3n) is 3.36. The highest BCUT2D eigenvalue weighted by Gasteiger charge is 2.40. The minimum atomic E-state index is -2.47. The van der Waals surface area contributed by atoms with Gasteiger partial charge in [0.15, 0.2) is 0 Å². The Labute approximate surface area is 107 Å². The summed E-state index contributed by atoms with van der Waals surface area (Å²) in [5, 5.41) is 0. The minimum Gasteiger partial charge on any atom is -0.377 e. The SMILES string of the molecule is CCCC(N)(CCC)CC[Si](OC)(OC)OC. The summed E-state index contributed by atoms with van der Waals surface area (Å²) in [7, 11) is 2.48. The Hall–Kier alpha value is 0.0569. The number of hydrogen-bond acceptors (Lipinski definition) is 4. The molecule has 0 atom stereocenters. The van der Waals surface area contributed by atoms with Crippen molar-refractivity contribution in [3.8, 4) is 0 Å². The zero-order valence-corrected chi connectivity index (χ0v) is 13.0. The highest BCUT2D eigenvalue weighted by Crippen LogP contribution is 2.27. The van der Waals surface area contributed by atoms with Gasteiger partial charge < -0.3 is 19.0 Å². The molecule has 0 bridgehead atoms. The Bertz CT molecular complexity index is 184. The van der Waals surface area contributed by atoms with Crippen molar-refractivity contribution in [2.75, 3.05) is 21.3 Å². The van der Waals surface area contributed by atoms with Gasteiger partial charge in [-0.05, 0) is 19.3 Å². The zero-order chi connectivity index (χ0) is 13.4. The van der Waals surface area contributed by atoms with Crippen LogP contribution in [0.15, 0.2) is 0 Å². The molecule has 0 aliphatic heterocycles. The van der Waals surface area contributed by atoms with E-state index in [4.69, 9.17) is 19.0 Å². The first kappa shape index (κ1) is 17.1. The van der Waals surface area contributed by atoms with Crippen molar-refractivity contribution in [1.29, 1.82) is 0 Å². The maximum Gasteiger partial charge on any atom is 0.500 e. The van der Waals surface area contributed by atoms with Gasteiger partial charge in [0.25, 0.3) is 0 Å². The van der Waals surface area contributed by atoms with Gasteiger partial charge in [0.05, 0.1) is 0 Å². The topological polar surface area (TPSA) is 53.7 Å². The third-order valence-corrected chi connectivity index (χ3v) is 6.09. The molecule has 0 radical (unpaired) electrons. The highest BCUT2D eigenvalue weighted by molar-refractivity contribution is 6.60. The van der Waals surface area contributed by atoms with Crippen molar-refractivity contribution < 1.29 is 13.3 Å². The molecule has 5 heteroatoms. The molecule has 0 saturated carbocycles. The first-order valence-electron chi connectivity index (χ1n) is 6.45. The van der Waals surface area contributed by atoms with E-state index in [1.165, 1.54) is 0 Å². The molecule has 0 fully saturated rings. The van der Waals surface area contributed by atoms with Crippen molar-refractivity contribution in [3.05, 3.63) is 0 Å². The lowest BCUT2D eigenvalue weighted by atomic mass is 9.87. The Kier molecular flexibility index (Phi) is 8.24. The van der Waals surface area contributed by atoms with Crippen molar-refractivity contribution in [2.45, 2.75) is 57.5 Å². The highest BCUT2D eigenvalue weighted by atomic mass is 28.4. The van der Waals surface area contributed by atoms with E-state index in [1.54, 1.807) is 21.3 Å². The monoisotopic (exact) mass is 263 g/mol. The van der Waals surface area contributed by atoms with E-state index in [0.717, 1.165) is 38.1 Å². The second kappa shape index (κ2) is 8.21. The van der Waals surface area contributed by atoms with Gasteiger partial charge in [-0.2, -0.15) is 0 Å². The lowest BCUT2D eigenvalue weighted by molar-refractivity contribution is 0.119. The standard InChI is InChI=1S/C12H29NO3Si/c1-6-8-12(13,9-7-2)10-11-17(14-3,15-4)16-5/h6-11,13H2,1-5H3. The van der Waals surface area contributed by atoms with Crippen LogP contribution in [0.2, 0.25) is 6.04 Å². The molecular formula is C12H29NO3Si. The van der Waals surface area contributed by atoms with E-state index >= 15 is 0 Å². The second-order valence-electron chi connectivity index (χ2n) is 4.66. The molecule has 0 unspecified atom stereocenters.